The van der Waals surface area contributed by atoms with Gasteiger partial charge in [-0.1, -0.05) is 60.1 Å². The van der Waals surface area contributed by atoms with Crippen LogP contribution >= 0.6 is 11.6 Å². The molecule has 0 saturated heterocycles. The average Bonchev–Trinajstić information content (AvgIpc) is 3.34. The van der Waals surface area contributed by atoms with Crippen molar-refractivity contribution in [3.8, 4) is 11.5 Å². The molecule has 1 N–H and O–H groups in total. The molecule has 1 heterocycles. The van der Waals surface area contributed by atoms with Crippen LogP contribution in [0.25, 0.3) is 21.7 Å². The standard InChI is InChI=1S/C29H23ClN2O4/c1-2-34-27-15-19(11-13-26(27)35-18-21-8-4-6-10-24(21)30)17-31-32-29(33)28-16-23-22-9-5-3-7-20(22)12-14-25(23)36-28/h3-17H,2,18H2,1H3,(H,32,33)/b31-17-. The van der Waals surface area contributed by atoms with Crippen molar-refractivity contribution < 1.29 is 18.7 Å². The van der Waals surface area contributed by atoms with E-state index in [4.69, 9.17) is 25.5 Å². The lowest BCUT2D eigenvalue weighted by atomic mass is 10.1. The Hall–Kier alpha value is -4.29. The van der Waals surface area contributed by atoms with Gasteiger partial charge in [-0.25, -0.2) is 5.43 Å². The summed E-state index contributed by atoms with van der Waals surface area (Å²) >= 11 is 6.22. The van der Waals surface area contributed by atoms with Crippen molar-refractivity contribution in [2.75, 3.05) is 6.61 Å². The summed E-state index contributed by atoms with van der Waals surface area (Å²) in [5, 5.41) is 7.73. The predicted molar refractivity (Wildman–Crippen MR) is 142 cm³/mol. The molecule has 0 fully saturated rings. The third kappa shape index (κ3) is 5.04. The van der Waals surface area contributed by atoms with E-state index in [1.807, 2.05) is 73.7 Å². The number of rotatable bonds is 8. The van der Waals surface area contributed by atoms with E-state index in [1.165, 1.54) is 6.21 Å². The van der Waals surface area contributed by atoms with Crippen LogP contribution in [-0.2, 0) is 6.61 Å². The second-order valence-electron chi connectivity index (χ2n) is 8.03. The van der Waals surface area contributed by atoms with Crippen molar-refractivity contribution in [1.82, 2.24) is 5.43 Å². The first-order valence-electron chi connectivity index (χ1n) is 11.5. The quantitative estimate of drug-likeness (QED) is 0.185. The van der Waals surface area contributed by atoms with E-state index in [1.54, 1.807) is 18.2 Å². The van der Waals surface area contributed by atoms with E-state index in [0.29, 0.717) is 35.3 Å². The topological polar surface area (TPSA) is 73.1 Å². The normalized spacial score (nSPS) is 11.3. The molecule has 7 heteroatoms. The maximum absolute atomic E-state index is 12.6. The van der Waals surface area contributed by atoms with Crippen LogP contribution in [0, 0.1) is 0 Å². The number of ether oxygens (including phenoxy) is 2. The highest BCUT2D eigenvalue weighted by Crippen LogP contribution is 2.30. The van der Waals surface area contributed by atoms with Crippen LogP contribution < -0.4 is 14.9 Å². The highest BCUT2D eigenvalue weighted by Gasteiger charge is 2.13. The van der Waals surface area contributed by atoms with Crippen LogP contribution in [0.2, 0.25) is 5.02 Å². The molecule has 0 radical (unpaired) electrons. The Morgan fingerprint density at radius 1 is 0.944 bits per heavy atom. The number of hydrogen-bond donors (Lipinski definition) is 1. The maximum Gasteiger partial charge on any atom is 0.307 e. The minimum absolute atomic E-state index is 0.192. The maximum atomic E-state index is 12.6. The Morgan fingerprint density at radius 3 is 2.64 bits per heavy atom. The fourth-order valence-corrected chi connectivity index (χ4v) is 4.08. The summed E-state index contributed by atoms with van der Waals surface area (Å²) in [5.41, 5.74) is 4.79. The number of furan rings is 1. The molecule has 180 valence electrons. The number of benzene rings is 4. The Labute approximate surface area is 213 Å². The molecule has 0 bridgehead atoms. The molecule has 0 atom stereocenters. The fourth-order valence-electron chi connectivity index (χ4n) is 3.89. The minimum Gasteiger partial charge on any atom is -0.490 e. The molecule has 0 aliphatic rings. The molecule has 1 aromatic heterocycles. The van der Waals surface area contributed by atoms with Crippen molar-refractivity contribution in [2.45, 2.75) is 13.5 Å². The number of halogens is 1. The zero-order valence-corrected chi connectivity index (χ0v) is 20.3. The summed E-state index contributed by atoms with van der Waals surface area (Å²) in [6.07, 6.45) is 1.54. The van der Waals surface area contributed by atoms with E-state index in [2.05, 4.69) is 10.5 Å². The molecule has 0 unspecified atom stereocenters. The van der Waals surface area contributed by atoms with E-state index in [9.17, 15) is 4.79 Å². The Bertz CT molecular complexity index is 1570. The zero-order valence-electron chi connectivity index (χ0n) is 19.5. The molecule has 0 aliphatic heterocycles. The van der Waals surface area contributed by atoms with Crippen LogP contribution in [0.3, 0.4) is 0 Å². The van der Waals surface area contributed by atoms with Crippen LogP contribution in [0.4, 0.5) is 0 Å². The fraction of sp³-hybridized carbons (Fsp3) is 0.103. The van der Waals surface area contributed by atoms with Gasteiger partial charge in [-0.15, -0.1) is 0 Å². The third-order valence-corrected chi connectivity index (χ3v) is 6.01. The smallest absolute Gasteiger partial charge is 0.307 e. The molecular weight excluding hydrogens is 476 g/mol. The van der Waals surface area contributed by atoms with Gasteiger partial charge < -0.3 is 13.9 Å². The van der Waals surface area contributed by atoms with Gasteiger partial charge in [-0.3, -0.25) is 4.79 Å². The highest BCUT2D eigenvalue weighted by atomic mass is 35.5. The van der Waals surface area contributed by atoms with Crippen molar-refractivity contribution in [2.24, 2.45) is 5.10 Å². The lowest BCUT2D eigenvalue weighted by Crippen LogP contribution is -2.16. The summed E-state index contributed by atoms with van der Waals surface area (Å²) in [7, 11) is 0. The molecule has 0 aliphatic carbocycles. The molecular formula is C29H23ClN2O4. The Morgan fingerprint density at radius 2 is 1.78 bits per heavy atom. The lowest BCUT2D eigenvalue weighted by Gasteiger charge is -2.13. The second-order valence-corrected chi connectivity index (χ2v) is 8.43. The predicted octanol–water partition coefficient (Wildman–Crippen LogP) is 6.98. The van der Waals surface area contributed by atoms with Crippen LogP contribution in [-0.4, -0.2) is 18.7 Å². The van der Waals surface area contributed by atoms with E-state index in [0.717, 1.165) is 27.3 Å². The van der Waals surface area contributed by atoms with Crippen molar-refractivity contribution in [1.29, 1.82) is 0 Å². The monoisotopic (exact) mass is 498 g/mol. The lowest BCUT2D eigenvalue weighted by molar-refractivity contribution is 0.0929. The SMILES string of the molecule is CCOc1cc(/C=N\NC(=O)c2cc3c(ccc4ccccc43)o2)ccc1OCc1ccccc1Cl. The molecule has 36 heavy (non-hydrogen) atoms. The number of hydrazone groups is 1. The highest BCUT2D eigenvalue weighted by molar-refractivity contribution is 6.31. The molecule has 6 nitrogen and oxygen atoms in total. The molecule has 1 amide bonds. The van der Waals surface area contributed by atoms with Gasteiger partial charge in [0.2, 0.25) is 0 Å². The van der Waals surface area contributed by atoms with Gasteiger partial charge in [0.1, 0.15) is 12.2 Å². The number of nitrogens with one attached hydrogen (secondary N) is 1. The first kappa shape index (κ1) is 23.5. The molecule has 0 saturated carbocycles. The van der Waals surface area contributed by atoms with Crippen molar-refractivity contribution in [3.63, 3.8) is 0 Å². The number of carbonyl (C=O) groups excluding carboxylic acids is 1. The third-order valence-electron chi connectivity index (χ3n) is 5.64. The van der Waals surface area contributed by atoms with Gasteiger partial charge in [0.25, 0.3) is 0 Å². The number of amides is 1. The van der Waals surface area contributed by atoms with Crippen LogP contribution in [0.15, 0.2) is 94.4 Å². The van der Waals surface area contributed by atoms with E-state index < -0.39 is 5.91 Å². The summed E-state index contributed by atoms with van der Waals surface area (Å²) in [6.45, 7) is 2.69. The van der Waals surface area contributed by atoms with Gasteiger partial charge in [0.05, 0.1) is 12.8 Å². The second kappa shape index (κ2) is 10.5. The van der Waals surface area contributed by atoms with Gasteiger partial charge in [0.15, 0.2) is 17.3 Å². The average molecular weight is 499 g/mol. The van der Waals surface area contributed by atoms with E-state index in [-0.39, 0.29) is 5.76 Å². The Balaban J connectivity index is 1.28. The summed E-state index contributed by atoms with van der Waals surface area (Å²) in [6, 6.07) is 26.5. The summed E-state index contributed by atoms with van der Waals surface area (Å²) < 4.78 is 17.4. The van der Waals surface area contributed by atoms with Crippen molar-refractivity contribution in [3.05, 3.63) is 107 Å². The van der Waals surface area contributed by atoms with Crippen LogP contribution in [0.5, 0.6) is 11.5 Å². The molecule has 4 aromatic carbocycles. The summed E-state index contributed by atoms with van der Waals surface area (Å²) in [4.78, 5) is 12.6. The minimum atomic E-state index is -0.434. The van der Waals surface area contributed by atoms with Gasteiger partial charge in [0, 0.05) is 16.0 Å². The molecule has 0 spiro atoms. The molecule has 5 rings (SSSR count). The van der Waals surface area contributed by atoms with Crippen molar-refractivity contribution >= 4 is 45.5 Å². The zero-order chi connectivity index (χ0) is 24.9. The van der Waals surface area contributed by atoms with Gasteiger partial charge >= 0.3 is 5.91 Å². The van der Waals surface area contributed by atoms with Crippen LogP contribution in [0.1, 0.15) is 28.6 Å². The first-order chi connectivity index (χ1) is 17.6. The number of carbonyl (C=O) groups is 1. The largest absolute Gasteiger partial charge is 0.490 e. The van der Waals surface area contributed by atoms with Gasteiger partial charge in [-0.2, -0.15) is 5.10 Å². The molecule has 5 aromatic rings. The van der Waals surface area contributed by atoms with E-state index >= 15 is 0 Å². The summed E-state index contributed by atoms with van der Waals surface area (Å²) in [5.74, 6) is 0.921. The number of hydrogen-bond acceptors (Lipinski definition) is 5. The number of fused-ring (bicyclic) bond motifs is 3. The first-order valence-corrected chi connectivity index (χ1v) is 11.9. The van der Waals surface area contributed by atoms with Gasteiger partial charge in [-0.05, 0) is 59.7 Å². The Kier molecular flexibility index (Phi) is 6.87. The number of nitrogens with zero attached hydrogens (tertiary/aromatic N) is 1.